The van der Waals surface area contributed by atoms with Gasteiger partial charge in [-0.2, -0.15) is 0 Å². The molecule has 0 bridgehead atoms. The fourth-order valence-electron chi connectivity index (χ4n) is 2.48. The summed E-state index contributed by atoms with van der Waals surface area (Å²) in [7, 11) is 1.35. The second-order valence-electron chi connectivity index (χ2n) is 5.11. The number of thiophene rings is 1. The first-order chi connectivity index (χ1) is 9.45. The predicted octanol–water partition coefficient (Wildman–Crippen LogP) is 2.09. The fourth-order valence-corrected chi connectivity index (χ4v) is 3.54. The average molecular weight is 296 g/mol. The molecule has 0 spiro atoms. The number of amides is 1. The van der Waals surface area contributed by atoms with E-state index in [0.29, 0.717) is 10.6 Å². The molecule has 5 nitrogen and oxygen atoms in total. The van der Waals surface area contributed by atoms with E-state index in [0.717, 1.165) is 23.4 Å². The lowest BCUT2D eigenvalue weighted by atomic mass is 10.0. The zero-order chi connectivity index (χ0) is 14.9. The lowest BCUT2D eigenvalue weighted by Crippen LogP contribution is -2.32. The molecule has 0 aromatic carbocycles. The SMILES string of the molecule is COC(=O)c1c(NC(=O)C2CCNC2C)sc(C)c1C. The molecule has 2 rings (SSSR count). The molecule has 110 valence electrons. The highest BCUT2D eigenvalue weighted by Crippen LogP contribution is 2.33. The summed E-state index contributed by atoms with van der Waals surface area (Å²) in [6.07, 6.45) is 0.823. The van der Waals surface area contributed by atoms with Crippen LogP contribution in [0.3, 0.4) is 0 Å². The summed E-state index contributed by atoms with van der Waals surface area (Å²) in [5, 5.41) is 6.74. The van der Waals surface area contributed by atoms with E-state index in [9.17, 15) is 9.59 Å². The summed E-state index contributed by atoms with van der Waals surface area (Å²) < 4.78 is 4.80. The topological polar surface area (TPSA) is 67.4 Å². The highest BCUT2D eigenvalue weighted by atomic mass is 32.1. The van der Waals surface area contributed by atoms with E-state index in [1.165, 1.54) is 18.4 Å². The van der Waals surface area contributed by atoms with Crippen molar-refractivity contribution in [3.8, 4) is 0 Å². The number of anilines is 1. The number of nitrogens with one attached hydrogen (secondary N) is 2. The Bertz CT molecular complexity index is 539. The summed E-state index contributed by atoms with van der Waals surface area (Å²) in [6, 6.07) is 0.165. The van der Waals surface area contributed by atoms with Crippen LogP contribution >= 0.6 is 11.3 Å². The van der Waals surface area contributed by atoms with Gasteiger partial charge in [-0.1, -0.05) is 0 Å². The van der Waals surface area contributed by atoms with Crippen LogP contribution in [0.15, 0.2) is 0 Å². The minimum absolute atomic E-state index is 0.0334. The first-order valence-electron chi connectivity index (χ1n) is 6.68. The van der Waals surface area contributed by atoms with Crippen LogP contribution in [0.2, 0.25) is 0 Å². The maximum absolute atomic E-state index is 12.3. The highest BCUT2D eigenvalue weighted by Gasteiger charge is 2.31. The number of rotatable bonds is 3. The van der Waals surface area contributed by atoms with Crippen LogP contribution in [0.25, 0.3) is 0 Å². The van der Waals surface area contributed by atoms with Gasteiger partial charge >= 0.3 is 5.97 Å². The highest BCUT2D eigenvalue weighted by molar-refractivity contribution is 7.16. The van der Waals surface area contributed by atoms with Gasteiger partial charge in [0.25, 0.3) is 0 Å². The molecule has 0 radical (unpaired) electrons. The van der Waals surface area contributed by atoms with Crippen LogP contribution in [0.1, 0.15) is 34.1 Å². The fraction of sp³-hybridized carbons (Fsp3) is 0.571. The van der Waals surface area contributed by atoms with Crippen LogP contribution in [0, 0.1) is 19.8 Å². The molecule has 2 atom stereocenters. The summed E-state index contributed by atoms with van der Waals surface area (Å²) in [6.45, 7) is 6.66. The lowest BCUT2D eigenvalue weighted by Gasteiger charge is -2.14. The van der Waals surface area contributed by atoms with Crippen LogP contribution in [-0.2, 0) is 9.53 Å². The molecular formula is C14H20N2O3S. The van der Waals surface area contributed by atoms with Crippen LogP contribution < -0.4 is 10.6 Å². The van der Waals surface area contributed by atoms with Crippen LogP contribution in [-0.4, -0.2) is 31.6 Å². The molecule has 1 saturated heterocycles. The molecule has 1 aliphatic rings. The van der Waals surface area contributed by atoms with Crippen LogP contribution in [0.5, 0.6) is 0 Å². The zero-order valence-electron chi connectivity index (χ0n) is 12.2. The Morgan fingerprint density at radius 1 is 1.40 bits per heavy atom. The molecule has 2 heterocycles. The van der Waals surface area contributed by atoms with E-state index in [2.05, 4.69) is 10.6 Å². The van der Waals surface area contributed by atoms with Crippen molar-refractivity contribution >= 4 is 28.2 Å². The third kappa shape index (κ3) is 2.71. The third-order valence-electron chi connectivity index (χ3n) is 3.87. The van der Waals surface area contributed by atoms with E-state index in [1.54, 1.807) is 0 Å². The number of hydrogen-bond acceptors (Lipinski definition) is 5. The molecule has 0 aliphatic carbocycles. The zero-order valence-corrected chi connectivity index (χ0v) is 13.0. The van der Waals surface area contributed by atoms with Crippen molar-refractivity contribution in [3.05, 3.63) is 16.0 Å². The Kier molecular flexibility index (Phi) is 4.45. The van der Waals surface area contributed by atoms with Gasteiger partial charge in [-0.05, 0) is 39.3 Å². The molecule has 1 fully saturated rings. The van der Waals surface area contributed by atoms with Gasteiger partial charge in [-0.25, -0.2) is 4.79 Å². The van der Waals surface area contributed by atoms with E-state index >= 15 is 0 Å². The van der Waals surface area contributed by atoms with E-state index in [1.807, 2.05) is 20.8 Å². The van der Waals surface area contributed by atoms with Crippen molar-refractivity contribution in [3.63, 3.8) is 0 Å². The Labute approximate surface area is 122 Å². The largest absolute Gasteiger partial charge is 0.465 e. The Morgan fingerprint density at radius 3 is 2.65 bits per heavy atom. The molecule has 20 heavy (non-hydrogen) atoms. The molecule has 0 saturated carbocycles. The number of carbonyl (C=O) groups excluding carboxylic acids is 2. The molecule has 2 N–H and O–H groups in total. The van der Waals surface area contributed by atoms with Gasteiger partial charge in [0.05, 0.1) is 18.6 Å². The quantitative estimate of drug-likeness (QED) is 0.838. The van der Waals surface area contributed by atoms with E-state index in [-0.39, 0.29) is 17.9 Å². The van der Waals surface area contributed by atoms with E-state index < -0.39 is 5.97 Å². The predicted molar refractivity (Wildman–Crippen MR) is 79.3 cm³/mol. The van der Waals surface area contributed by atoms with Gasteiger partial charge in [0.1, 0.15) is 5.00 Å². The first-order valence-corrected chi connectivity index (χ1v) is 7.50. The molecular weight excluding hydrogens is 276 g/mol. The Balaban J connectivity index is 2.23. The molecule has 6 heteroatoms. The number of ether oxygens (including phenoxy) is 1. The summed E-state index contributed by atoms with van der Waals surface area (Å²) in [4.78, 5) is 25.2. The van der Waals surface area contributed by atoms with Gasteiger partial charge in [-0.3, -0.25) is 4.79 Å². The third-order valence-corrected chi connectivity index (χ3v) is 5.00. The summed E-state index contributed by atoms with van der Waals surface area (Å²) in [5.41, 5.74) is 1.34. The second-order valence-corrected chi connectivity index (χ2v) is 6.33. The van der Waals surface area contributed by atoms with Crippen LogP contribution in [0.4, 0.5) is 5.00 Å². The second kappa shape index (κ2) is 5.93. The van der Waals surface area contributed by atoms with Gasteiger partial charge in [0.2, 0.25) is 5.91 Å². The number of aryl methyl sites for hydroxylation is 1. The van der Waals surface area contributed by atoms with Crippen molar-refractivity contribution in [2.45, 2.75) is 33.2 Å². The molecule has 1 aliphatic heterocycles. The van der Waals surface area contributed by atoms with Crippen molar-refractivity contribution in [1.29, 1.82) is 0 Å². The standard InChI is InChI=1S/C14H20N2O3S/c1-7-9(3)20-13(11(7)14(18)19-4)16-12(17)10-5-6-15-8(10)2/h8,10,15H,5-6H2,1-4H3,(H,16,17). The van der Waals surface area contributed by atoms with Crippen molar-refractivity contribution < 1.29 is 14.3 Å². The summed E-state index contributed by atoms with van der Waals surface area (Å²) in [5.74, 6) is -0.489. The van der Waals surface area contributed by atoms with Crippen molar-refractivity contribution in [2.75, 3.05) is 19.0 Å². The van der Waals surface area contributed by atoms with Crippen molar-refractivity contribution in [1.82, 2.24) is 5.32 Å². The average Bonchev–Trinajstić information content (AvgIpc) is 2.94. The molecule has 2 unspecified atom stereocenters. The molecule has 1 aromatic heterocycles. The molecule has 1 amide bonds. The lowest BCUT2D eigenvalue weighted by molar-refractivity contribution is -0.119. The normalized spacial score (nSPS) is 21.8. The van der Waals surface area contributed by atoms with Gasteiger partial charge < -0.3 is 15.4 Å². The number of methoxy groups -OCH3 is 1. The summed E-state index contributed by atoms with van der Waals surface area (Å²) >= 11 is 1.42. The number of carbonyl (C=O) groups is 2. The van der Waals surface area contributed by atoms with Gasteiger partial charge in [0, 0.05) is 10.9 Å². The smallest absolute Gasteiger partial charge is 0.341 e. The number of esters is 1. The molecule has 1 aromatic rings. The van der Waals surface area contributed by atoms with Gasteiger partial charge in [-0.15, -0.1) is 11.3 Å². The van der Waals surface area contributed by atoms with Crippen molar-refractivity contribution in [2.24, 2.45) is 5.92 Å². The minimum atomic E-state index is -0.403. The monoisotopic (exact) mass is 296 g/mol. The van der Waals surface area contributed by atoms with Gasteiger partial charge in [0.15, 0.2) is 0 Å². The number of hydrogen-bond donors (Lipinski definition) is 2. The first kappa shape index (κ1) is 15.0. The maximum atomic E-state index is 12.3. The maximum Gasteiger partial charge on any atom is 0.341 e. The van der Waals surface area contributed by atoms with E-state index in [4.69, 9.17) is 4.74 Å². The Morgan fingerprint density at radius 2 is 2.10 bits per heavy atom. The Hall–Kier alpha value is -1.40. The minimum Gasteiger partial charge on any atom is -0.465 e.